The van der Waals surface area contributed by atoms with Gasteiger partial charge in [0.2, 0.25) is 0 Å². The van der Waals surface area contributed by atoms with Crippen LogP contribution in [0.3, 0.4) is 0 Å². The quantitative estimate of drug-likeness (QED) is 0.861. The van der Waals surface area contributed by atoms with E-state index in [-0.39, 0.29) is 0 Å². The van der Waals surface area contributed by atoms with Crippen molar-refractivity contribution < 1.29 is 13.2 Å². The summed E-state index contributed by atoms with van der Waals surface area (Å²) < 4.78 is 38.4. The first-order chi connectivity index (χ1) is 9.82. The second-order valence-electron chi connectivity index (χ2n) is 5.10. The van der Waals surface area contributed by atoms with Gasteiger partial charge in [-0.1, -0.05) is 13.0 Å². The lowest BCUT2D eigenvalue weighted by Crippen LogP contribution is -2.58. The first-order valence-electron chi connectivity index (χ1n) is 6.79. The Labute approximate surface area is 127 Å². The second kappa shape index (κ2) is 6.19. The molecule has 1 aromatic rings. The van der Waals surface area contributed by atoms with Gasteiger partial charge >= 0.3 is 6.18 Å². The molecule has 3 nitrogen and oxygen atoms in total. The minimum Gasteiger partial charge on any atom is -0.349 e. The van der Waals surface area contributed by atoms with Gasteiger partial charge in [-0.3, -0.25) is 4.90 Å². The van der Waals surface area contributed by atoms with Gasteiger partial charge in [0.15, 0.2) is 5.11 Å². The molecule has 1 atom stereocenters. The van der Waals surface area contributed by atoms with Crippen LogP contribution in [0.2, 0.25) is 0 Å². The lowest BCUT2D eigenvalue weighted by Gasteiger charge is -2.40. The average molecular weight is 317 g/mol. The van der Waals surface area contributed by atoms with Gasteiger partial charge in [-0.15, -0.1) is 0 Å². The van der Waals surface area contributed by atoms with Crippen molar-refractivity contribution in [1.82, 2.24) is 10.2 Å². The van der Waals surface area contributed by atoms with E-state index in [4.69, 9.17) is 12.2 Å². The molecular formula is C14H18F3N3S. The Hall–Kier alpha value is -1.34. The van der Waals surface area contributed by atoms with Crippen molar-refractivity contribution in [3.05, 3.63) is 29.8 Å². The molecule has 0 unspecified atom stereocenters. The predicted molar refractivity (Wildman–Crippen MR) is 81.0 cm³/mol. The van der Waals surface area contributed by atoms with E-state index in [9.17, 15) is 13.2 Å². The largest absolute Gasteiger partial charge is 0.416 e. The number of alkyl halides is 3. The summed E-state index contributed by atoms with van der Waals surface area (Å²) in [5.74, 6) is 0. The van der Waals surface area contributed by atoms with Gasteiger partial charge in [-0.2, -0.15) is 13.2 Å². The summed E-state index contributed by atoms with van der Waals surface area (Å²) in [6, 6.07) is 5.57. The molecule has 0 spiro atoms. The second-order valence-corrected chi connectivity index (χ2v) is 5.49. The monoisotopic (exact) mass is 317 g/mol. The van der Waals surface area contributed by atoms with Crippen LogP contribution in [0.1, 0.15) is 25.8 Å². The molecule has 1 saturated heterocycles. The molecule has 1 fully saturated rings. The molecule has 2 rings (SSSR count). The first kappa shape index (κ1) is 16.0. The van der Waals surface area contributed by atoms with E-state index in [0.717, 1.165) is 18.6 Å². The van der Waals surface area contributed by atoms with Crippen LogP contribution < -0.4 is 10.2 Å². The average Bonchev–Trinajstić information content (AvgIpc) is 2.46. The Morgan fingerprint density at radius 2 is 2.10 bits per heavy atom. The standard InChI is InChI=1S/C14H18F3N3S/c1-3-10(2)19-8-18-13(21)20(9-19)12-6-4-5-11(7-12)14(15,16)17/h4-7,10H,3,8-9H2,1-2H3,(H,18,21)/t10-/m0/s1. The Morgan fingerprint density at radius 3 is 2.71 bits per heavy atom. The molecule has 116 valence electrons. The van der Waals surface area contributed by atoms with Crippen LogP contribution in [-0.4, -0.2) is 29.4 Å². The zero-order valence-corrected chi connectivity index (χ0v) is 12.8. The Morgan fingerprint density at radius 1 is 1.38 bits per heavy atom. The summed E-state index contributed by atoms with van der Waals surface area (Å²) in [6.07, 6.45) is -3.39. The topological polar surface area (TPSA) is 18.5 Å². The van der Waals surface area contributed by atoms with Crippen molar-refractivity contribution in [2.24, 2.45) is 0 Å². The van der Waals surface area contributed by atoms with E-state index in [1.54, 1.807) is 11.0 Å². The zero-order valence-electron chi connectivity index (χ0n) is 11.9. The number of halogens is 3. The molecule has 7 heteroatoms. The smallest absolute Gasteiger partial charge is 0.349 e. The summed E-state index contributed by atoms with van der Waals surface area (Å²) in [5.41, 5.74) is -0.209. The molecule has 0 aromatic heterocycles. The molecule has 0 aliphatic carbocycles. The summed E-state index contributed by atoms with van der Waals surface area (Å²) in [4.78, 5) is 3.83. The van der Waals surface area contributed by atoms with E-state index in [1.807, 2.05) is 0 Å². The Bertz CT molecular complexity index is 518. The summed E-state index contributed by atoms with van der Waals surface area (Å²) in [5, 5.41) is 3.51. The number of thiocarbonyl (C=S) groups is 1. The molecule has 0 radical (unpaired) electrons. The fourth-order valence-corrected chi connectivity index (χ4v) is 2.39. The molecule has 1 aliphatic rings. The molecule has 0 saturated carbocycles. The molecular weight excluding hydrogens is 299 g/mol. The number of hydrogen-bond donors (Lipinski definition) is 1. The number of rotatable bonds is 3. The van der Waals surface area contributed by atoms with E-state index in [0.29, 0.717) is 30.2 Å². The lowest BCUT2D eigenvalue weighted by atomic mass is 10.2. The molecule has 0 amide bonds. The van der Waals surface area contributed by atoms with Crippen molar-refractivity contribution in [3.63, 3.8) is 0 Å². The van der Waals surface area contributed by atoms with E-state index < -0.39 is 11.7 Å². The summed E-state index contributed by atoms with van der Waals surface area (Å²) in [6.45, 7) is 5.26. The molecule has 1 heterocycles. The van der Waals surface area contributed by atoms with Crippen LogP contribution in [0.4, 0.5) is 18.9 Å². The van der Waals surface area contributed by atoms with Gasteiger partial charge in [0.25, 0.3) is 0 Å². The predicted octanol–water partition coefficient (Wildman–Crippen LogP) is 3.42. The van der Waals surface area contributed by atoms with Crippen LogP contribution in [0.25, 0.3) is 0 Å². The number of anilines is 1. The molecule has 1 aromatic carbocycles. The summed E-state index contributed by atoms with van der Waals surface area (Å²) >= 11 is 5.23. The number of nitrogens with one attached hydrogen (secondary N) is 1. The van der Waals surface area contributed by atoms with Crippen molar-refractivity contribution in [3.8, 4) is 0 Å². The molecule has 1 aliphatic heterocycles. The fourth-order valence-electron chi connectivity index (χ4n) is 2.16. The highest BCUT2D eigenvalue weighted by molar-refractivity contribution is 7.80. The normalized spacial score (nSPS) is 18.5. The maximum atomic E-state index is 12.8. The lowest BCUT2D eigenvalue weighted by molar-refractivity contribution is -0.137. The van der Waals surface area contributed by atoms with Crippen LogP contribution in [-0.2, 0) is 6.18 Å². The third-order valence-corrected chi connectivity index (χ3v) is 4.07. The number of benzene rings is 1. The van der Waals surface area contributed by atoms with Crippen molar-refractivity contribution >= 4 is 23.0 Å². The maximum absolute atomic E-state index is 12.8. The van der Waals surface area contributed by atoms with Crippen molar-refractivity contribution in [2.45, 2.75) is 32.5 Å². The minimum atomic E-state index is -4.35. The van der Waals surface area contributed by atoms with Crippen LogP contribution in [0.5, 0.6) is 0 Å². The SMILES string of the molecule is CC[C@H](C)N1CNC(=S)N(c2cccc(C(F)(F)F)c2)C1. The van der Waals surface area contributed by atoms with Crippen LogP contribution in [0.15, 0.2) is 24.3 Å². The third-order valence-electron chi connectivity index (χ3n) is 3.70. The highest BCUT2D eigenvalue weighted by Crippen LogP contribution is 2.32. The van der Waals surface area contributed by atoms with Crippen molar-refractivity contribution in [1.29, 1.82) is 0 Å². The van der Waals surface area contributed by atoms with Gasteiger partial charge in [0, 0.05) is 11.7 Å². The van der Waals surface area contributed by atoms with E-state index in [1.165, 1.54) is 6.07 Å². The van der Waals surface area contributed by atoms with Gasteiger partial charge < -0.3 is 10.2 Å². The Balaban J connectivity index is 2.25. The maximum Gasteiger partial charge on any atom is 0.416 e. The van der Waals surface area contributed by atoms with Crippen molar-refractivity contribution in [2.75, 3.05) is 18.2 Å². The minimum absolute atomic E-state index is 0.328. The van der Waals surface area contributed by atoms with Gasteiger partial charge in [0.05, 0.1) is 18.9 Å². The van der Waals surface area contributed by atoms with Crippen LogP contribution >= 0.6 is 12.2 Å². The summed E-state index contributed by atoms with van der Waals surface area (Å²) in [7, 11) is 0. The zero-order chi connectivity index (χ0) is 15.6. The molecule has 1 N–H and O–H groups in total. The Kier molecular flexibility index (Phi) is 4.73. The highest BCUT2D eigenvalue weighted by Gasteiger charge is 2.32. The highest BCUT2D eigenvalue weighted by atomic mass is 32.1. The molecule has 21 heavy (non-hydrogen) atoms. The van der Waals surface area contributed by atoms with Gasteiger partial charge in [0.1, 0.15) is 0 Å². The fraction of sp³-hybridized carbons (Fsp3) is 0.500. The number of hydrogen-bond acceptors (Lipinski definition) is 2. The third kappa shape index (κ3) is 3.65. The van der Waals surface area contributed by atoms with Crippen LogP contribution in [0, 0.1) is 0 Å². The first-order valence-corrected chi connectivity index (χ1v) is 7.20. The van der Waals surface area contributed by atoms with E-state index >= 15 is 0 Å². The van der Waals surface area contributed by atoms with Gasteiger partial charge in [-0.25, -0.2) is 0 Å². The van der Waals surface area contributed by atoms with Gasteiger partial charge in [-0.05, 0) is 43.8 Å². The molecule has 0 bridgehead atoms. The number of nitrogens with zero attached hydrogens (tertiary/aromatic N) is 2. The van der Waals surface area contributed by atoms with E-state index in [2.05, 4.69) is 24.1 Å².